The van der Waals surface area contributed by atoms with Crippen molar-refractivity contribution in [3.8, 4) is 5.75 Å². The Morgan fingerprint density at radius 2 is 2.06 bits per heavy atom. The van der Waals surface area contributed by atoms with Crippen molar-refractivity contribution in [3.05, 3.63) is 29.3 Å². The molecule has 1 aromatic rings. The van der Waals surface area contributed by atoms with Gasteiger partial charge in [0.25, 0.3) is 5.91 Å². The quantitative estimate of drug-likeness (QED) is 0.841. The number of aliphatic hydroxyl groups excluding tert-OH is 1. The normalized spacial score (nSPS) is 12.3. The number of carbonyl (C=O) groups is 1. The zero-order valence-corrected chi connectivity index (χ0v) is 11.4. The number of aliphatic hydroxyl groups is 1. The fourth-order valence-corrected chi connectivity index (χ4v) is 1.60. The van der Waals surface area contributed by atoms with E-state index in [2.05, 4.69) is 5.32 Å². The second-order valence-electron chi connectivity index (χ2n) is 4.71. The first kappa shape index (κ1) is 14.5. The van der Waals surface area contributed by atoms with Gasteiger partial charge in [0.15, 0.2) is 6.61 Å². The highest BCUT2D eigenvalue weighted by Gasteiger charge is 2.08. The summed E-state index contributed by atoms with van der Waals surface area (Å²) in [7, 11) is 0. The third kappa shape index (κ3) is 4.37. The molecule has 0 aliphatic carbocycles. The van der Waals surface area contributed by atoms with Gasteiger partial charge in [-0.25, -0.2) is 0 Å². The Labute approximate surface area is 108 Å². The van der Waals surface area contributed by atoms with Crippen molar-refractivity contribution < 1.29 is 14.6 Å². The monoisotopic (exact) mass is 251 g/mol. The van der Waals surface area contributed by atoms with Crippen LogP contribution < -0.4 is 10.1 Å². The van der Waals surface area contributed by atoms with E-state index < -0.39 is 6.10 Å². The molecule has 0 saturated carbocycles. The van der Waals surface area contributed by atoms with Crippen molar-refractivity contribution in [1.82, 2.24) is 5.32 Å². The molecule has 4 nitrogen and oxygen atoms in total. The highest BCUT2D eigenvalue weighted by Crippen LogP contribution is 2.22. The fourth-order valence-electron chi connectivity index (χ4n) is 1.60. The summed E-state index contributed by atoms with van der Waals surface area (Å²) in [5.41, 5.74) is 1.75. The number of amides is 1. The molecule has 1 amide bonds. The Morgan fingerprint density at radius 3 is 2.56 bits per heavy atom. The lowest BCUT2D eigenvalue weighted by Crippen LogP contribution is -2.34. The summed E-state index contributed by atoms with van der Waals surface area (Å²) in [5, 5.41) is 12.2. The smallest absolute Gasteiger partial charge is 0.258 e. The van der Waals surface area contributed by atoms with Gasteiger partial charge in [0.1, 0.15) is 5.75 Å². The van der Waals surface area contributed by atoms with E-state index in [0.29, 0.717) is 5.75 Å². The maximum absolute atomic E-state index is 11.4. The summed E-state index contributed by atoms with van der Waals surface area (Å²) in [6.07, 6.45) is -0.498. The molecule has 0 aromatic heterocycles. The van der Waals surface area contributed by atoms with E-state index in [0.717, 1.165) is 11.1 Å². The van der Waals surface area contributed by atoms with Crippen LogP contribution in [-0.4, -0.2) is 23.7 Å². The highest BCUT2D eigenvalue weighted by molar-refractivity contribution is 5.77. The van der Waals surface area contributed by atoms with E-state index >= 15 is 0 Å². The second-order valence-corrected chi connectivity index (χ2v) is 4.71. The average Bonchev–Trinajstić information content (AvgIpc) is 2.26. The van der Waals surface area contributed by atoms with Gasteiger partial charge >= 0.3 is 0 Å². The molecule has 4 heteroatoms. The van der Waals surface area contributed by atoms with Crippen LogP contribution in [0.25, 0.3) is 0 Å². The van der Waals surface area contributed by atoms with Gasteiger partial charge in [0, 0.05) is 6.04 Å². The topological polar surface area (TPSA) is 58.6 Å². The minimum Gasteiger partial charge on any atom is -0.484 e. The second kappa shape index (κ2) is 6.40. The zero-order chi connectivity index (χ0) is 13.7. The highest BCUT2D eigenvalue weighted by atomic mass is 16.5. The third-order valence-corrected chi connectivity index (χ3v) is 2.49. The van der Waals surface area contributed by atoms with Gasteiger partial charge in [0.2, 0.25) is 0 Å². The van der Waals surface area contributed by atoms with Gasteiger partial charge < -0.3 is 15.2 Å². The summed E-state index contributed by atoms with van der Waals surface area (Å²) in [4.78, 5) is 11.4. The number of ether oxygens (including phenoxy) is 1. The minimum atomic E-state index is -0.498. The zero-order valence-electron chi connectivity index (χ0n) is 11.4. The van der Waals surface area contributed by atoms with E-state index in [4.69, 9.17) is 4.74 Å². The lowest BCUT2D eigenvalue weighted by atomic mass is 10.1. The van der Waals surface area contributed by atoms with Gasteiger partial charge in [0.05, 0.1) is 6.10 Å². The number of rotatable bonds is 5. The Morgan fingerprint density at radius 1 is 1.39 bits per heavy atom. The molecule has 100 valence electrons. The maximum atomic E-state index is 11.4. The van der Waals surface area contributed by atoms with E-state index in [9.17, 15) is 9.90 Å². The molecule has 0 aliphatic rings. The van der Waals surface area contributed by atoms with Crippen molar-refractivity contribution in [2.24, 2.45) is 0 Å². The number of hydrogen-bond donors (Lipinski definition) is 2. The van der Waals surface area contributed by atoms with Crippen LogP contribution in [0.15, 0.2) is 18.2 Å². The molecule has 18 heavy (non-hydrogen) atoms. The molecule has 0 bridgehead atoms. The summed E-state index contributed by atoms with van der Waals surface area (Å²) < 4.78 is 5.44. The maximum Gasteiger partial charge on any atom is 0.258 e. The summed E-state index contributed by atoms with van der Waals surface area (Å²) >= 11 is 0. The summed E-state index contributed by atoms with van der Waals surface area (Å²) in [6.45, 7) is 7.42. The standard InChI is InChI=1S/C14H21NO3/c1-9(2)15-14(17)8-18-13-6-5-12(11(4)16)7-10(13)3/h5-7,9,11,16H,8H2,1-4H3,(H,15,17)/t11-/m1/s1. The number of nitrogens with one attached hydrogen (secondary N) is 1. The van der Waals surface area contributed by atoms with Gasteiger partial charge in [-0.3, -0.25) is 4.79 Å². The molecule has 1 atom stereocenters. The van der Waals surface area contributed by atoms with Crippen LogP contribution in [0.2, 0.25) is 0 Å². The number of carbonyl (C=O) groups excluding carboxylic acids is 1. The fraction of sp³-hybridized carbons (Fsp3) is 0.500. The molecule has 0 heterocycles. The van der Waals surface area contributed by atoms with Gasteiger partial charge in [-0.05, 0) is 51.0 Å². The molecule has 0 radical (unpaired) electrons. The average molecular weight is 251 g/mol. The van der Waals surface area contributed by atoms with E-state index in [-0.39, 0.29) is 18.6 Å². The molecular weight excluding hydrogens is 230 g/mol. The molecule has 0 spiro atoms. The molecular formula is C14H21NO3. The number of aryl methyl sites for hydroxylation is 1. The minimum absolute atomic E-state index is 0.00699. The SMILES string of the molecule is Cc1cc([C@@H](C)O)ccc1OCC(=O)NC(C)C. The molecule has 0 unspecified atom stereocenters. The van der Waals surface area contributed by atoms with Crippen LogP contribution in [0.1, 0.15) is 38.0 Å². The van der Waals surface area contributed by atoms with Crippen LogP contribution in [0, 0.1) is 6.92 Å². The Hall–Kier alpha value is -1.55. The van der Waals surface area contributed by atoms with E-state index in [1.54, 1.807) is 19.1 Å². The molecule has 2 N–H and O–H groups in total. The molecule has 0 saturated heterocycles. The van der Waals surface area contributed by atoms with Crippen molar-refractivity contribution >= 4 is 5.91 Å². The van der Waals surface area contributed by atoms with Crippen molar-refractivity contribution in [3.63, 3.8) is 0 Å². The Kier molecular flexibility index (Phi) is 5.16. The van der Waals surface area contributed by atoms with Crippen LogP contribution >= 0.6 is 0 Å². The van der Waals surface area contributed by atoms with Crippen molar-refractivity contribution in [1.29, 1.82) is 0 Å². The molecule has 1 aromatic carbocycles. The van der Waals surface area contributed by atoms with Gasteiger partial charge in [-0.1, -0.05) is 6.07 Å². The Bertz CT molecular complexity index is 414. The third-order valence-electron chi connectivity index (χ3n) is 2.49. The number of hydrogen-bond acceptors (Lipinski definition) is 3. The van der Waals surface area contributed by atoms with Gasteiger partial charge in [-0.2, -0.15) is 0 Å². The Balaban J connectivity index is 2.60. The largest absolute Gasteiger partial charge is 0.484 e. The first-order chi connectivity index (χ1) is 8.40. The number of benzene rings is 1. The first-order valence-electron chi connectivity index (χ1n) is 6.11. The van der Waals surface area contributed by atoms with Crippen molar-refractivity contribution in [2.45, 2.75) is 39.8 Å². The predicted molar refractivity (Wildman–Crippen MR) is 70.6 cm³/mol. The van der Waals surface area contributed by atoms with Crippen LogP contribution in [-0.2, 0) is 4.79 Å². The lowest BCUT2D eigenvalue weighted by Gasteiger charge is -2.13. The predicted octanol–water partition coefficient (Wildman–Crippen LogP) is 1.95. The molecule has 0 aliphatic heterocycles. The molecule has 1 rings (SSSR count). The van der Waals surface area contributed by atoms with E-state index in [1.165, 1.54) is 0 Å². The van der Waals surface area contributed by atoms with Gasteiger partial charge in [-0.15, -0.1) is 0 Å². The molecule has 0 fully saturated rings. The van der Waals surface area contributed by atoms with Crippen LogP contribution in [0.3, 0.4) is 0 Å². The van der Waals surface area contributed by atoms with Crippen LogP contribution in [0.5, 0.6) is 5.75 Å². The van der Waals surface area contributed by atoms with Crippen LogP contribution in [0.4, 0.5) is 0 Å². The van der Waals surface area contributed by atoms with E-state index in [1.807, 2.05) is 26.8 Å². The lowest BCUT2D eigenvalue weighted by molar-refractivity contribution is -0.123. The summed E-state index contributed by atoms with van der Waals surface area (Å²) in [5.74, 6) is 0.530. The van der Waals surface area contributed by atoms with Crippen molar-refractivity contribution in [2.75, 3.05) is 6.61 Å². The first-order valence-corrected chi connectivity index (χ1v) is 6.11. The summed E-state index contributed by atoms with van der Waals surface area (Å²) in [6, 6.07) is 5.55.